The van der Waals surface area contributed by atoms with E-state index in [0.29, 0.717) is 11.6 Å². The van der Waals surface area contributed by atoms with Gasteiger partial charge in [-0.15, -0.1) is 0 Å². The standard InChI is InChI=1S/C20H27N5O3/c1-27-17-4-2-16(3-5-17)25(24-9-8-21-14-24)20(26)19-12-18(22-13-23-19)15-6-10-28-11-7-15/h8-9,12-17H,2-7,10-11H2,1H3. The third kappa shape index (κ3) is 4.07. The van der Waals surface area contributed by atoms with E-state index in [1.54, 1.807) is 35.5 Å². The van der Waals surface area contributed by atoms with Crippen LogP contribution in [0.25, 0.3) is 0 Å². The topological polar surface area (TPSA) is 82.4 Å². The van der Waals surface area contributed by atoms with Crippen LogP contribution in [0, 0.1) is 0 Å². The van der Waals surface area contributed by atoms with E-state index in [9.17, 15) is 4.79 Å². The average Bonchev–Trinajstić information content (AvgIpc) is 3.29. The summed E-state index contributed by atoms with van der Waals surface area (Å²) in [5.41, 5.74) is 1.36. The van der Waals surface area contributed by atoms with Crippen LogP contribution >= 0.6 is 0 Å². The summed E-state index contributed by atoms with van der Waals surface area (Å²) in [6, 6.07) is 1.94. The molecular weight excluding hydrogens is 358 g/mol. The highest BCUT2D eigenvalue weighted by molar-refractivity contribution is 6.00. The highest BCUT2D eigenvalue weighted by Gasteiger charge is 2.32. The summed E-state index contributed by atoms with van der Waals surface area (Å²) in [7, 11) is 1.75. The van der Waals surface area contributed by atoms with Gasteiger partial charge in [-0.3, -0.25) is 4.79 Å². The number of rotatable bonds is 5. The van der Waals surface area contributed by atoms with Gasteiger partial charge in [0.2, 0.25) is 0 Å². The zero-order valence-electron chi connectivity index (χ0n) is 16.2. The first kappa shape index (κ1) is 19.0. The number of hydrogen-bond acceptors (Lipinski definition) is 6. The Bertz CT molecular complexity index is 768. The average molecular weight is 385 g/mol. The van der Waals surface area contributed by atoms with Crippen molar-refractivity contribution in [1.82, 2.24) is 19.6 Å². The molecule has 8 heteroatoms. The van der Waals surface area contributed by atoms with Crippen molar-refractivity contribution in [2.24, 2.45) is 0 Å². The lowest BCUT2D eigenvalue weighted by Crippen LogP contribution is -2.50. The molecule has 0 atom stereocenters. The van der Waals surface area contributed by atoms with Crippen LogP contribution in [0.3, 0.4) is 0 Å². The Kier molecular flexibility index (Phi) is 5.97. The zero-order valence-corrected chi connectivity index (χ0v) is 16.2. The van der Waals surface area contributed by atoms with E-state index in [1.165, 1.54) is 6.33 Å². The van der Waals surface area contributed by atoms with E-state index in [1.807, 2.05) is 6.07 Å². The fourth-order valence-corrected chi connectivity index (χ4v) is 4.19. The van der Waals surface area contributed by atoms with Gasteiger partial charge in [-0.25, -0.2) is 24.6 Å². The Morgan fingerprint density at radius 1 is 1.18 bits per heavy atom. The number of carbonyl (C=O) groups excluding carboxylic acids is 1. The summed E-state index contributed by atoms with van der Waals surface area (Å²) in [5.74, 6) is 0.205. The van der Waals surface area contributed by atoms with Gasteiger partial charge in [0, 0.05) is 44.3 Å². The van der Waals surface area contributed by atoms with Gasteiger partial charge in [0.05, 0.1) is 12.1 Å². The van der Waals surface area contributed by atoms with Gasteiger partial charge in [0.1, 0.15) is 18.3 Å². The lowest BCUT2D eigenvalue weighted by Gasteiger charge is -2.36. The van der Waals surface area contributed by atoms with Crippen LogP contribution in [-0.2, 0) is 9.47 Å². The first-order valence-electron chi connectivity index (χ1n) is 10.0. The van der Waals surface area contributed by atoms with Crippen LogP contribution in [0.2, 0.25) is 0 Å². The van der Waals surface area contributed by atoms with Crippen molar-refractivity contribution in [1.29, 1.82) is 0 Å². The van der Waals surface area contributed by atoms with Crippen molar-refractivity contribution in [3.8, 4) is 0 Å². The monoisotopic (exact) mass is 385 g/mol. The van der Waals surface area contributed by atoms with Crippen LogP contribution in [0.5, 0.6) is 0 Å². The smallest absolute Gasteiger partial charge is 0.291 e. The van der Waals surface area contributed by atoms with Crippen molar-refractivity contribution >= 4 is 5.91 Å². The van der Waals surface area contributed by atoms with Crippen molar-refractivity contribution < 1.29 is 14.3 Å². The highest BCUT2D eigenvalue weighted by atomic mass is 16.5. The minimum atomic E-state index is -0.116. The second-order valence-electron chi connectivity index (χ2n) is 7.47. The molecule has 1 saturated carbocycles. The van der Waals surface area contributed by atoms with Crippen LogP contribution in [0.4, 0.5) is 0 Å². The van der Waals surface area contributed by atoms with E-state index in [2.05, 4.69) is 15.0 Å². The largest absolute Gasteiger partial charge is 0.381 e. The Morgan fingerprint density at radius 2 is 1.96 bits per heavy atom. The van der Waals surface area contributed by atoms with Gasteiger partial charge in [0.15, 0.2) is 0 Å². The molecule has 0 bridgehead atoms. The second-order valence-corrected chi connectivity index (χ2v) is 7.47. The first-order chi connectivity index (χ1) is 13.8. The fraction of sp³-hybridized carbons (Fsp3) is 0.600. The molecule has 150 valence electrons. The summed E-state index contributed by atoms with van der Waals surface area (Å²) in [4.78, 5) is 26.3. The molecule has 1 saturated heterocycles. The molecule has 0 spiro atoms. The molecule has 2 aromatic heterocycles. The molecule has 28 heavy (non-hydrogen) atoms. The van der Waals surface area contributed by atoms with E-state index in [0.717, 1.165) is 57.4 Å². The fourth-order valence-electron chi connectivity index (χ4n) is 4.19. The molecule has 0 unspecified atom stereocenters. The zero-order chi connectivity index (χ0) is 19.3. The molecule has 4 rings (SSSR count). The molecule has 8 nitrogen and oxygen atoms in total. The molecule has 0 radical (unpaired) electrons. The second kappa shape index (κ2) is 8.79. The van der Waals surface area contributed by atoms with Crippen LogP contribution in [0.1, 0.15) is 60.6 Å². The van der Waals surface area contributed by atoms with Gasteiger partial charge in [-0.1, -0.05) is 0 Å². The van der Waals surface area contributed by atoms with E-state index in [4.69, 9.17) is 9.47 Å². The lowest BCUT2D eigenvalue weighted by molar-refractivity contribution is 0.0606. The maximum absolute atomic E-state index is 13.5. The van der Waals surface area contributed by atoms with Crippen molar-refractivity contribution in [2.75, 3.05) is 25.3 Å². The molecule has 1 aliphatic carbocycles. The SMILES string of the molecule is COC1CCC(N(C(=O)c2cc(C3CCOCC3)ncn2)n2ccnc2)CC1. The van der Waals surface area contributed by atoms with Crippen molar-refractivity contribution in [3.63, 3.8) is 0 Å². The summed E-state index contributed by atoms with van der Waals surface area (Å²) < 4.78 is 12.7. The quantitative estimate of drug-likeness (QED) is 0.785. The van der Waals surface area contributed by atoms with E-state index in [-0.39, 0.29) is 18.1 Å². The number of methoxy groups -OCH3 is 1. The molecular formula is C20H27N5O3. The molecule has 0 N–H and O–H groups in total. The first-order valence-corrected chi connectivity index (χ1v) is 10.0. The summed E-state index contributed by atoms with van der Waals surface area (Å²) in [6.45, 7) is 1.48. The van der Waals surface area contributed by atoms with Crippen LogP contribution < -0.4 is 5.01 Å². The predicted molar refractivity (Wildman–Crippen MR) is 103 cm³/mol. The van der Waals surface area contributed by atoms with Gasteiger partial charge < -0.3 is 9.47 Å². The Morgan fingerprint density at radius 3 is 2.64 bits per heavy atom. The Labute approximate surface area is 164 Å². The number of hydrogen-bond donors (Lipinski definition) is 0. The third-order valence-electron chi connectivity index (χ3n) is 5.82. The number of carbonyl (C=O) groups is 1. The van der Waals surface area contributed by atoms with Crippen LogP contribution in [-0.4, -0.2) is 58.0 Å². The lowest BCUT2D eigenvalue weighted by atomic mass is 9.92. The predicted octanol–water partition coefficient (Wildman–Crippen LogP) is 2.30. The normalized spacial score (nSPS) is 23.5. The molecule has 2 aromatic rings. The minimum absolute atomic E-state index is 0.0922. The Hall–Kier alpha value is -2.32. The van der Waals surface area contributed by atoms with Crippen LogP contribution in [0.15, 0.2) is 31.1 Å². The van der Waals surface area contributed by atoms with Gasteiger partial charge in [0.25, 0.3) is 5.91 Å². The Balaban J connectivity index is 1.57. The maximum Gasteiger partial charge on any atom is 0.291 e. The number of ether oxygens (including phenoxy) is 2. The number of aromatic nitrogens is 4. The molecule has 3 heterocycles. The summed E-state index contributed by atoms with van der Waals surface area (Å²) in [5, 5.41) is 1.79. The summed E-state index contributed by atoms with van der Waals surface area (Å²) in [6.07, 6.45) is 12.5. The highest BCUT2D eigenvalue weighted by Crippen LogP contribution is 2.27. The molecule has 2 aliphatic rings. The van der Waals surface area contributed by atoms with Gasteiger partial charge >= 0.3 is 0 Å². The molecule has 2 fully saturated rings. The molecule has 1 aliphatic heterocycles. The number of imidazole rings is 1. The number of nitrogens with zero attached hydrogens (tertiary/aromatic N) is 5. The van der Waals surface area contributed by atoms with Gasteiger partial charge in [-0.2, -0.15) is 0 Å². The van der Waals surface area contributed by atoms with Crippen molar-refractivity contribution in [3.05, 3.63) is 42.5 Å². The summed E-state index contributed by atoms with van der Waals surface area (Å²) >= 11 is 0. The van der Waals surface area contributed by atoms with E-state index >= 15 is 0 Å². The van der Waals surface area contributed by atoms with Gasteiger partial charge in [-0.05, 0) is 44.6 Å². The third-order valence-corrected chi connectivity index (χ3v) is 5.82. The maximum atomic E-state index is 13.5. The number of amides is 1. The minimum Gasteiger partial charge on any atom is -0.381 e. The molecule has 0 aromatic carbocycles. The van der Waals surface area contributed by atoms with E-state index < -0.39 is 0 Å². The van der Waals surface area contributed by atoms with Crippen molar-refractivity contribution in [2.45, 2.75) is 56.6 Å². The molecule has 1 amide bonds.